The highest BCUT2D eigenvalue weighted by atomic mass is 32.2. The van der Waals surface area contributed by atoms with Crippen LogP contribution in [0.2, 0.25) is 0 Å². The average molecular weight is 335 g/mol. The summed E-state index contributed by atoms with van der Waals surface area (Å²) in [5.74, 6) is 0. The molecule has 1 unspecified atom stereocenters. The highest BCUT2D eigenvalue weighted by Crippen LogP contribution is 2.21. The molecule has 0 radical (unpaired) electrons. The lowest BCUT2D eigenvalue weighted by molar-refractivity contribution is 0.00450. The second kappa shape index (κ2) is 5.99. The van der Waals surface area contributed by atoms with E-state index in [1.165, 1.54) is 22.5 Å². The number of nitrogens with two attached hydrogens (primary N) is 2. The summed E-state index contributed by atoms with van der Waals surface area (Å²) in [5.41, 5.74) is 5.49. The summed E-state index contributed by atoms with van der Waals surface area (Å²) in [7, 11) is -7.77. The molecule has 0 aromatic heterocycles. The maximum Gasteiger partial charge on any atom is 0.243 e. The monoisotopic (exact) mass is 335 g/mol. The van der Waals surface area contributed by atoms with E-state index in [0.29, 0.717) is 0 Å². The van der Waals surface area contributed by atoms with Crippen molar-refractivity contribution in [2.45, 2.75) is 15.9 Å². The smallest absolute Gasteiger partial charge is 0.243 e. The molecule has 1 aliphatic heterocycles. The van der Waals surface area contributed by atoms with Gasteiger partial charge in [-0.05, 0) is 18.2 Å². The lowest BCUT2D eigenvalue weighted by atomic mass is 10.3. The summed E-state index contributed by atoms with van der Waals surface area (Å²) in [6, 6.07) is 4.97. The molecule has 0 amide bonds. The molecule has 1 saturated heterocycles. The predicted octanol–water partition coefficient (Wildman–Crippen LogP) is -1.32. The minimum Gasteiger partial charge on any atom is -0.374 e. The summed E-state index contributed by atoms with van der Waals surface area (Å²) in [5, 5.41) is 5.02. The van der Waals surface area contributed by atoms with Gasteiger partial charge in [-0.3, -0.25) is 0 Å². The van der Waals surface area contributed by atoms with Gasteiger partial charge < -0.3 is 10.5 Å². The Morgan fingerprint density at radius 2 is 1.90 bits per heavy atom. The van der Waals surface area contributed by atoms with Crippen molar-refractivity contribution < 1.29 is 21.6 Å². The van der Waals surface area contributed by atoms with E-state index in [1.807, 2.05) is 0 Å². The molecule has 1 aliphatic rings. The number of ether oxygens (including phenoxy) is 1. The molecule has 1 aromatic rings. The molecule has 1 atom stereocenters. The van der Waals surface area contributed by atoms with Crippen molar-refractivity contribution in [2.24, 2.45) is 10.9 Å². The molecule has 0 spiro atoms. The third-order valence-electron chi connectivity index (χ3n) is 3.14. The van der Waals surface area contributed by atoms with Crippen LogP contribution in [0.25, 0.3) is 0 Å². The van der Waals surface area contributed by atoms with E-state index in [0.717, 1.165) is 6.07 Å². The van der Waals surface area contributed by atoms with Crippen molar-refractivity contribution in [3.63, 3.8) is 0 Å². The Morgan fingerprint density at radius 1 is 1.24 bits per heavy atom. The standard InChI is InChI=1S/C11H17N3O5S2/c12-7-9-8-14(4-5-19-9)21(17,18)11-3-1-2-10(6-11)20(13,15)16/h1-3,6,9H,4-5,7-8,12H2,(H2,13,15,16). The van der Waals surface area contributed by atoms with E-state index < -0.39 is 20.0 Å². The van der Waals surface area contributed by atoms with Crippen LogP contribution in [0.5, 0.6) is 0 Å². The van der Waals surface area contributed by atoms with Crippen molar-refractivity contribution in [3.05, 3.63) is 24.3 Å². The Labute approximate surface area is 123 Å². The van der Waals surface area contributed by atoms with Crippen LogP contribution in [0.1, 0.15) is 0 Å². The van der Waals surface area contributed by atoms with Gasteiger partial charge in [-0.1, -0.05) is 6.07 Å². The number of benzene rings is 1. The van der Waals surface area contributed by atoms with Crippen molar-refractivity contribution in [2.75, 3.05) is 26.2 Å². The Hall–Kier alpha value is -1.04. The molecular weight excluding hydrogens is 318 g/mol. The molecule has 8 nitrogen and oxygen atoms in total. The molecule has 0 aliphatic carbocycles. The maximum atomic E-state index is 12.5. The normalized spacial score (nSPS) is 21.3. The fourth-order valence-electron chi connectivity index (χ4n) is 2.01. The van der Waals surface area contributed by atoms with Gasteiger partial charge in [-0.2, -0.15) is 4.31 Å². The zero-order valence-corrected chi connectivity index (χ0v) is 12.8. The summed E-state index contributed by atoms with van der Waals surface area (Å²) >= 11 is 0. The summed E-state index contributed by atoms with van der Waals surface area (Å²) in [6.07, 6.45) is -0.366. The van der Waals surface area contributed by atoms with E-state index in [2.05, 4.69) is 0 Å². The van der Waals surface area contributed by atoms with Crippen LogP contribution >= 0.6 is 0 Å². The van der Waals surface area contributed by atoms with Gasteiger partial charge in [-0.25, -0.2) is 22.0 Å². The summed E-state index contributed by atoms with van der Waals surface area (Å²) in [4.78, 5) is -0.362. The number of hydrogen-bond acceptors (Lipinski definition) is 6. The Morgan fingerprint density at radius 3 is 2.52 bits per heavy atom. The number of nitrogens with zero attached hydrogens (tertiary/aromatic N) is 1. The van der Waals surface area contributed by atoms with Crippen molar-refractivity contribution in [3.8, 4) is 0 Å². The van der Waals surface area contributed by atoms with Gasteiger partial charge in [0.05, 0.1) is 22.5 Å². The number of sulfonamides is 2. The quantitative estimate of drug-likeness (QED) is 0.701. The van der Waals surface area contributed by atoms with Gasteiger partial charge >= 0.3 is 0 Å². The molecule has 118 valence electrons. The molecular formula is C11H17N3O5S2. The second-order valence-corrected chi connectivity index (χ2v) is 8.11. The molecule has 2 rings (SSSR count). The molecule has 0 bridgehead atoms. The van der Waals surface area contributed by atoms with Gasteiger partial charge in [0.15, 0.2) is 0 Å². The van der Waals surface area contributed by atoms with Gasteiger partial charge in [0.2, 0.25) is 20.0 Å². The Balaban J connectivity index is 2.36. The fourth-order valence-corrected chi connectivity index (χ4v) is 4.15. The highest BCUT2D eigenvalue weighted by molar-refractivity contribution is 7.90. The van der Waals surface area contributed by atoms with E-state index in [1.54, 1.807) is 0 Å². The van der Waals surface area contributed by atoms with Crippen LogP contribution in [0, 0.1) is 0 Å². The van der Waals surface area contributed by atoms with Gasteiger partial charge in [-0.15, -0.1) is 0 Å². The first-order chi connectivity index (χ1) is 9.75. The van der Waals surface area contributed by atoms with Crippen molar-refractivity contribution in [1.82, 2.24) is 4.31 Å². The first kappa shape index (κ1) is 16.3. The lowest BCUT2D eigenvalue weighted by Gasteiger charge is -2.31. The molecule has 4 N–H and O–H groups in total. The van der Waals surface area contributed by atoms with Crippen molar-refractivity contribution >= 4 is 20.0 Å². The molecule has 1 aromatic carbocycles. The molecule has 21 heavy (non-hydrogen) atoms. The fraction of sp³-hybridized carbons (Fsp3) is 0.455. The second-order valence-electron chi connectivity index (χ2n) is 4.61. The van der Waals surface area contributed by atoms with E-state index in [4.69, 9.17) is 15.6 Å². The minimum absolute atomic E-state index is 0.119. The largest absolute Gasteiger partial charge is 0.374 e. The topological polar surface area (TPSA) is 133 Å². The Kier molecular flexibility index (Phi) is 4.66. The summed E-state index contributed by atoms with van der Waals surface area (Å²) < 4.78 is 54.2. The van der Waals surface area contributed by atoms with Crippen LogP contribution < -0.4 is 10.9 Å². The molecule has 10 heteroatoms. The van der Waals surface area contributed by atoms with Crippen LogP contribution in [-0.4, -0.2) is 53.5 Å². The lowest BCUT2D eigenvalue weighted by Crippen LogP contribution is -2.48. The minimum atomic E-state index is -3.96. The first-order valence-corrected chi connectivity index (χ1v) is 9.18. The van der Waals surface area contributed by atoms with Crippen molar-refractivity contribution in [1.29, 1.82) is 0 Å². The third-order valence-corrected chi connectivity index (χ3v) is 5.91. The third kappa shape index (κ3) is 3.59. The first-order valence-electron chi connectivity index (χ1n) is 6.20. The van der Waals surface area contributed by atoms with Gasteiger partial charge in [0, 0.05) is 19.6 Å². The number of rotatable bonds is 4. The average Bonchev–Trinajstić information content (AvgIpc) is 2.46. The van der Waals surface area contributed by atoms with E-state index >= 15 is 0 Å². The molecule has 1 fully saturated rings. The van der Waals surface area contributed by atoms with Crippen LogP contribution in [0.15, 0.2) is 34.1 Å². The SMILES string of the molecule is NCC1CN(S(=O)(=O)c2cccc(S(N)(=O)=O)c2)CCO1. The maximum absolute atomic E-state index is 12.5. The number of hydrogen-bond donors (Lipinski definition) is 2. The van der Waals surface area contributed by atoms with Crippen LogP contribution in [-0.2, 0) is 24.8 Å². The summed E-state index contributed by atoms with van der Waals surface area (Å²) in [6.45, 7) is 0.788. The predicted molar refractivity (Wildman–Crippen MR) is 75.4 cm³/mol. The highest BCUT2D eigenvalue weighted by Gasteiger charge is 2.30. The zero-order valence-electron chi connectivity index (χ0n) is 11.2. The molecule has 1 heterocycles. The van der Waals surface area contributed by atoms with Crippen LogP contribution in [0.4, 0.5) is 0 Å². The zero-order chi connectivity index (χ0) is 15.7. The Bertz CT molecular complexity index is 717. The van der Waals surface area contributed by atoms with E-state index in [9.17, 15) is 16.8 Å². The van der Waals surface area contributed by atoms with Crippen LogP contribution in [0.3, 0.4) is 0 Å². The number of primary sulfonamides is 1. The number of morpholine rings is 1. The molecule has 0 saturated carbocycles. The van der Waals surface area contributed by atoms with E-state index in [-0.39, 0.29) is 42.1 Å². The van der Waals surface area contributed by atoms with Gasteiger partial charge in [0.1, 0.15) is 0 Å². The van der Waals surface area contributed by atoms with Gasteiger partial charge in [0.25, 0.3) is 0 Å².